The molecule has 4 nitrogen and oxygen atoms in total. The lowest BCUT2D eigenvalue weighted by Gasteiger charge is -2.27. The molecular formula is C24H26N4S. The first kappa shape index (κ1) is 18.5. The molecule has 2 aromatic heterocycles. The van der Waals surface area contributed by atoms with Crippen LogP contribution in [0.25, 0.3) is 5.69 Å². The maximum absolute atomic E-state index is 5.13. The van der Waals surface area contributed by atoms with Gasteiger partial charge < -0.3 is 9.47 Å². The molecule has 0 unspecified atom stereocenters. The van der Waals surface area contributed by atoms with E-state index in [1.54, 1.807) is 0 Å². The standard InChI is InChI=1S/C24H26N4S/c1-15-8-7-9-19(12-15)28-16(2)13-20(18(28)4)23-22(21-10-5-6-11-25-21)26-24-27(23)14-17(3)29-24/h5-13,17,22-23H,14H2,1-4H3/t17-,22-,23-/m1/s1. The number of fused-ring (bicyclic) bond motifs is 1. The summed E-state index contributed by atoms with van der Waals surface area (Å²) >= 11 is 1.89. The average Bonchev–Trinajstić information content (AvgIpc) is 3.32. The Morgan fingerprint density at radius 3 is 2.66 bits per heavy atom. The second kappa shape index (κ2) is 7.06. The van der Waals surface area contributed by atoms with Crippen LogP contribution < -0.4 is 0 Å². The minimum Gasteiger partial charge on any atom is -0.341 e. The maximum Gasteiger partial charge on any atom is 0.160 e. The number of aliphatic imine (C=N–C) groups is 1. The smallest absolute Gasteiger partial charge is 0.160 e. The predicted molar refractivity (Wildman–Crippen MR) is 121 cm³/mol. The van der Waals surface area contributed by atoms with Crippen LogP contribution in [0.3, 0.4) is 0 Å². The number of aromatic nitrogens is 2. The second-order valence-electron chi connectivity index (χ2n) is 8.14. The fourth-order valence-electron chi connectivity index (χ4n) is 4.71. The van der Waals surface area contributed by atoms with E-state index in [2.05, 4.69) is 84.6 Å². The second-order valence-corrected chi connectivity index (χ2v) is 9.54. The van der Waals surface area contributed by atoms with Crippen molar-refractivity contribution in [3.05, 3.63) is 82.9 Å². The zero-order valence-electron chi connectivity index (χ0n) is 17.3. The summed E-state index contributed by atoms with van der Waals surface area (Å²) in [6.45, 7) is 9.91. The van der Waals surface area contributed by atoms with Gasteiger partial charge in [-0.05, 0) is 62.2 Å². The molecule has 0 N–H and O–H groups in total. The van der Waals surface area contributed by atoms with Crippen LogP contribution in [0.1, 0.15) is 47.2 Å². The fraction of sp³-hybridized carbons (Fsp3) is 0.333. The molecule has 0 saturated carbocycles. The molecule has 2 aliphatic rings. The van der Waals surface area contributed by atoms with Crippen molar-refractivity contribution in [3.8, 4) is 5.69 Å². The topological polar surface area (TPSA) is 33.4 Å². The summed E-state index contributed by atoms with van der Waals surface area (Å²) in [6, 6.07) is 17.5. The third-order valence-corrected chi connectivity index (χ3v) is 7.03. The van der Waals surface area contributed by atoms with Crippen LogP contribution in [-0.4, -0.2) is 31.4 Å². The lowest BCUT2D eigenvalue weighted by molar-refractivity contribution is 0.320. The van der Waals surface area contributed by atoms with E-state index in [1.807, 2.05) is 24.0 Å². The minimum absolute atomic E-state index is 0.0395. The molecule has 0 spiro atoms. The summed E-state index contributed by atoms with van der Waals surface area (Å²) < 4.78 is 2.38. The number of pyridine rings is 1. The first-order valence-electron chi connectivity index (χ1n) is 10.2. The van der Waals surface area contributed by atoms with E-state index in [0.717, 1.165) is 12.2 Å². The first-order valence-corrected chi connectivity index (χ1v) is 11.1. The van der Waals surface area contributed by atoms with E-state index < -0.39 is 0 Å². The SMILES string of the molecule is Cc1cccc(-n2c(C)cc([C@@H]3[C@@H](c4ccccn4)N=C4S[C@H](C)CN43)c2C)c1. The number of rotatable bonds is 3. The van der Waals surface area contributed by atoms with E-state index >= 15 is 0 Å². The molecule has 0 amide bonds. The van der Waals surface area contributed by atoms with Gasteiger partial charge in [0.05, 0.1) is 11.7 Å². The molecule has 5 heteroatoms. The number of hydrogen-bond donors (Lipinski definition) is 0. The van der Waals surface area contributed by atoms with Crippen LogP contribution in [0.4, 0.5) is 0 Å². The summed E-state index contributed by atoms with van der Waals surface area (Å²) in [4.78, 5) is 12.3. The highest BCUT2D eigenvalue weighted by Gasteiger charge is 2.44. The Morgan fingerprint density at radius 2 is 1.90 bits per heavy atom. The van der Waals surface area contributed by atoms with Crippen molar-refractivity contribution in [2.45, 2.75) is 45.0 Å². The number of nitrogens with zero attached hydrogens (tertiary/aromatic N) is 4. The molecule has 0 bridgehead atoms. The largest absolute Gasteiger partial charge is 0.341 e. The van der Waals surface area contributed by atoms with Crippen LogP contribution in [0.15, 0.2) is 59.7 Å². The highest BCUT2D eigenvalue weighted by Crippen LogP contribution is 2.48. The van der Waals surface area contributed by atoms with Gasteiger partial charge in [-0.15, -0.1) is 0 Å². The van der Waals surface area contributed by atoms with Gasteiger partial charge in [-0.25, -0.2) is 0 Å². The third kappa shape index (κ3) is 3.08. The van der Waals surface area contributed by atoms with Crippen molar-refractivity contribution < 1.29 is 0 Å². The molecule has 4 heterocycles. The monoisotopic (exact) mass is 402 g/mol. The Hall–Kier alpha value is -2.53. The summed E-state index contributed by atoms with van der Waals surface area (Å²) in [5, 5.41) is 1.74. The van der Waals surface area contributed by atoms with Crippen LogP contribution >= 0.6 is 11.8 Å². The Kier molecular flexibility index (Phi) is 4.50. The van der Waals surface area contributed by atoms with Crippen LogP contribution in [-0.2, 0) is 0 Å². The molecule has 3 atom stereocenters. The lowest BCUT2D eigenvalue weighted by atomic mass is 9.96. The molecule has 29 heavy (non-hydrogen) atoms. The highest BCUT2D eigenvalue weighted by molar-refractivity contribution is 8.14. The number of thioether (sulfide) groups is 1. The molecular weight excluding hydrogens is 376 g/mol. The van der Waals surface area contributed by atoms with Gasteiger partial charge in [-0.1, -0.05) is 36.9 Å². The third-order valence-electron chi connectivity index (χ3n) is 5.93. The summed E-state index contributed by atoms with van der Waals surface area (Å²) in [5.41, 5.74) is 7.46. The Morgan fingerprint density at radius 1 is 1.03 bits per heavy atom. The predicted octanol–water partition coefficient (Wildman–Crippen LogP) is 5.39. The normalized spacial score (nSPS) is 23.4. The molecule has 1 saturated heterocycles. The highest BCUT2D eigenvalue weighted by atomic mass is 32.2. The van der Waals surface area contributed by atoms with Crippen molar-refractivity contribution in [2.75, 3.05) is 6.54 Å². The Labute approximate surface area is 176 Å². The molecule has 3 aromatic rings. The molecule has 1 fully saturated rings. The van der Waals surface area contributed by atoms with Crippen molar-refractivity contribution in [2.24, 2.45) is 4.99 Å². The molecule has 148 valence electrons. The van der Waals surface area contributed by atoms with Crippen molar-refractivity contribution in [1.82, 2.24) is 14.5 Å². The quantitative estimate of drug-likeness (QED) is 0.589. The van der Waals surface area contributed by atoms with Crippen LogP contribution in [0, 0.1) is 20.8 Å². The molecule has 2 aliphatic heterocycles. The van der Waals surface area contributed by atoms with E-state index in [9.17, 15) is 0 Å². The van der Waals surface area contributed by atoms with E-state index in [1.165, 1.54) is 33.4 Å². The maximum atomic E-state index is 5.13. The van der Waals surface area contributed by atoms with Gasteiger partial charge in [0.1, 0.15) is 6.04 Å². The van der Waals surface area contributed by atoms with Gasteiger partial charge in [0.15, 0.2) is 5.17 Å². The average molecular weight is 403 g/mol. The number of amidine groups is 1. The molecule has 0 radical (unpaired) electrons. The van der Waals surface area contributed by atoms with Crippen molar-refractivity contribution in [1.29, 1.82) is 0 Å². The van der Waals surface area contributed by atoms with Gasteiger partial charge in [0.2, 0.25) is 0 Å². The number of aryl methyl sites for hydroxylation is 2. The summed E-state index contributed by atoms with van der Waals surface area (Å²) in [5.74, 6) is 0. The van der Waals surface area contributed by atoms with E-state index in [-0.39, 0.29) is 12.1 Å². The van der Waals surface area contributed by atoms with Crippen LogP contribution in [0.5, 0.6) is 0 Å². The van der Waals surface area contributed by atoms with Gasteiger partial charge in [0.25, 0.3) is 0 Å². The zero-order valence-corrected chi connectivity index (χ0v) is 18.1. The fourth-order valence-corrected chi connectivity index (χ4v) is 5.80. The number of benzene rings is 1. The summed E-state index contributed by atoms with van der Waals surface area (Å²) in [6.07, 6.45) is 1.88. The van der Waals surface area contributed by atoms with Crippen molar-refractivity contribution >= 4 is 16.9 Å². The molecule has 1 aromatic carbocycles. The Balaban J connectivity index is 1.63. The molecule has 5 rings (SSSR count). The van der Waals surface area contributed by atoms with E-state index in [4.69, 9.17) is 4.99 Å². The van der Waals surface area contributed by atoms with E-state index in [0.29, 0.717) is 5.25 Å². The number of hydrogen-bond acceptors (Lipinski definition) is 4. The van der Waals surface area contributed by atoms with Gasteiger partial charge >= 0.3 is 0 Å². The van der Waals surface area contributed by atoms with Gasteiger partial charge in [0, 0.05) is 35.1 Å². The van der Waals surface area contributed by atoms with Gasteiger partial charge in [-0.3, -0.25) is 9.98 Å². The zero-order chi connectivity index (χ0) is 20.1. The van der Waals surface area contributed by atoms with Crippen LogP contribution in [0.2, 0.25) is 0 Å². The van der Waals surface area contributed by atoms with Gasteiger partial charge in [-0.2, -0.15) is 0 Å². The van der Waals surface area contributed by atoms with Crippen molar-refractivity contribution in [3.63, 3.8) is 0 Å². The summed E-state index contributed by atoms with van der Waals surface area (Å²) in [7, 11) is 0. The minimum atomic E-state index is 0.0395. The Bertz CT molecular complexity index is 1090. The lowest BCUT2D eigenvalue weighted by Crippen LogP contribution is -2.28. The molecule has 0 aliphatic carbocycles. The first-order chi connectivity index (χ1) is 14.0.